The maximum absolute atomic E-state index is 12.0. The van der Waals surface area contributed by atoms with Gasteiger partial charge in [-0.15, -0.1) is 0 Å². The van der Waals surface area contributed by atoms with Gasteiger partial charge in [0.15, 0.2) is 5.82 Å². The lowest BCUT2D eigenvalue weighted by Gasteiger charge is -2.32. The molecule has 1 unspecified atom stereocenters. The van der Waals surface area contributed by atoms with Gasteiger partial charge in [0.2, 0.25) is 0 Å². The minimum absolute atomic E-state index is 0.141. The predicted molar refractivity (Wildman–Crippen MR) is 85.4 cm³/mol. The highest BCUT2D eigenvalue weighted by Crippen LogP contribution is 2.27. The van der Waals surface area contributed by atoms with Crippen molar-refractivity contribution in [2.45, 2.75) is 25.7 Å². The summed E-state index contributed by atoms with van der Waals surface area (Å²) < 4.78 is 0. The number of nitrogens with zero attached hydrogens (tertiary/aromatic N) is 6. The van der Waals surface area contributed by atoms with E-state index in [0.29, 0.717) is 5.69 Å². The molecule has 0 aliphatic carbocycles. The maximum Gasteiger partial charge on any atom is 0.273 e. The molecule has 1 saturated heterocycles. The molecule has 1 aliphatic heterocycles. The molecule has 0 radical (unpaired) electrons. The Morgan fingerprint density at radius 1 is 1.35 bits per heavy atom. The number of piperidine rings is 1. The Bertz CT molecular complexity index is 697. The fraction of sp³-hybridized carbons (Fsp3) is 0.533. The van der Waals surface area contributed by atoms with E-state index in [-0.39, 0.29) is 11.8 Å². The fourth-order valence-corrected chi connectivity index (χ4v) is 2.78. The van der Waals surface area contributed by atoms with Crippen LogP contribution in [0.2, 0.25) is 0 Å². The van der Waals surface area contributed by atoms with Crippen LogP contribution in [0.3, 0.4) is 0 Å². The molecule has 8 nitrogen and oxygen atoms in total. The van der Waals surface area contributed by atoms with Gasteiger partial charge in [-0.1, -0.05) is 0 Å². The second-order valence-electron chi connectivity index (χ2n) is 6.03. The van der Waals surface area contributed by atoms with Crippen LogP contribution in [-0.4, -0.2) is 63.1 Å². The quantitative estimate of drug-likeness (QED) is 0.908. The Hall–Kier alpha value is -2.51. The summed E-state index contributed by atoms with van der Waals surface area (Å²) in [6, 6.07) is 0. The number of aromatic nitrogens is 5. The van der Waals surface area contributed by atoms with E-state index in [4.69, 9.17) is 0 Å². The standard InChI is InChI=1S/C15H21N7O/c1-10-17-14(20-19-10)11-5-4-6-22(9-11)13-8-16-7-12(18-13)15(23)21(2)3/h7-8,11H,4-6,9H2,1-3H3,(H,17,19,20). The molecule has 1 atom stereocenters. The number of aryl methyl sites for hydroxylation is 1. The zero-order valence-electron chi connectivity index (χ0n) is 13.7. The molecule has 0 saturated carbocycles. The van der Waals surface area contributed by atoms with Crippen LogP contribution in [0.4, 0.5) is 5.82 Å². The van der Waals surface area contributed by atoms with E-state index in [2.05, 4.69) is 30.0 Å². The van der Waals surface area contributed by atoms with Gasteiger partial charge in [0.05, 0.1) is 12.4 Å². The molecule has 1 N–H and O–H groups in total. The van der Waals surface area contributed by atoms with Crippen LogP contribution >= 0.6 is 0 Å². The van der Waals surface area contributed by atoms with Crippen molar-refractivity contribution in [1.82, 2.24) is 30.0 Å². The van der Waals surface area contributed by atoms with E-state index in [1.165, 1.54) is 11.1 Å². The van der Waals surface area contributed by atoms with Crippen molar-refractivity contribution in [3.63, 3.8) is 0 Å². The summed E-state index contributed by atoms with van der Waals surface area (Å²) in [6.45, 7) is 3.58. The zero-order chi connectivity index (χ0) is 16.4. The Balaban J connectivity index is 1.78. The van der Waals surface area contributed by atoms with Gasteiger partial charge >= 0.3 is 0 Å². The number of anilines is 1. The lowest BCUT2D eigenvalue weighted by molar-refractivity contribution is 0.0821. The smallest absolute Gasteiger partial charge is 0.273 e. The highest BCUT2D eigenvalue weighted by molar-refractivity contribution is 5.91. The normalized spacial score (nSPS) is 18.0. The second-order valence-corrected chi connectivity index (χ2v) is 6.03. The monoisotopic (exact) mass is 315 g/mol. The maximum atomic E-state index is 12.0. The molecular formula is C15H21N7O. The summed E-state index contributed by atoms with van der Waals surface area (Å²) in [5.74, 6) is 2.53. The number of carbonyl (C=O) groups is 1. The van der Waals surface area contributed by atoms with Gasteiger partial charge in [0.25, 0.3) is 5.91 Å². The van der Waals surface area contributed by atoms with E-state index in [0.717, 1.165) is 43.4 Å². The van der Waals surface area contributed by atoms with Crippen LogP contribution in [0.1, 0.15) is 40.9 Å². The Labute approximate surface area is 135 Å². The summed E-state index contributed by atoms with van der Waals surface area (Å²) in [5, 5.41) is 7.18. The van der Waals surface area contributed by atoms with E-state index in [9.17, 15) is 4.79 Å². The first-order valence-electron chi connectivity index (χ1n) is 7.72. The lowest BCUT2D eigenvalue weighted by Crippen LogP contribution is -2.36. The Morgan fingerprint density at radius 3 is 2.87 bits per heavy atom. The number of H-pyrrole nitrogens is 1. The van der Waals surface area contributed by atoms with Crippen LogP contribution in [0.5, 0.6) is 0 Å². The van der Waals surface area contributed by atoms with Gasteiger partial charge in [-0.25, -0.2) is 9.97 Å². The number of nitrogens with one attached hydrogen (secondary N) is 1. The molecule has 0 spiro atoms. The van der Waals surface area contributed by atoms with Crippen molar-refractivity contribution in [3.8, 4) is 0 Å². The molecule has 122 valence electrons. The first-order valence-corrected chi connectivity index (χ1v) is 7.72. The third-order valence-corrected chi connectivity index (χ3v) is 3.97. The van der Waals surface area contributed by atoms with Crippen LogP contribution in [-0.2, 0) is 0 Å². The average Bonchev–Trinajstić information content (AvgIpc) is 3.01. The lowest BCUT2D eigenvalue weighted by atomic mass is 9.97. The Kier molecular flexibility index (Phi) is 4.22. The highest BCUT2D eigenvalue weighted by atomic mass is 16.2. The van der Waals surface area contributed by atoms with Crippen LogP contribution in [0.15, 0.2) is 12.4 Å². The van der Waals surface area contributed by atoms with E-state index in [1.807, 2.05) is 6.92 Å². The van der Waals surface area contributed by atoms with Crippen molar-refractivity contribution in [2.24, 2.45) is 0 Å². The number of amides is 1. The first kappa shape index (κ1) is 15.4. The van der Waals surface area contributed by atoms with Gasteiger partial charge in [-0.05, 0) is 19.8 Å². The summed E-state index contributed by atoms with van der Waals surface area (Å²) >= 11 is 0. The van der Waals surface area contributed by atoms with E-state index in [1.54, 1.807) is 20.3 Å². The van der Waals surface area contributed by atoms with Crippen molar-refractivity contribution >= 4 is 11.7 Å². The summed E-state index contributed by atoms with van der Waals surface area (Å²) in [4.78, 5) is 28.8. The number of carbonyl (C=O) groups excluding carboxylic acids is 1. The molecule has 3 rings (SSSR count). The number of aromatic amines is 1. The Morgan fingerprint density at radius 2 is 2.17 bits per heavy atom. The SMILES string of the molecule is Cc1nc(C2CCCN(c3cncc(C(=O)N(C)C)n3)C2)n[nH]1. The minimum Gasteiger partial charge on any atom is -0.355 e. The van der Waals surface area contributed by atoms with E-state index >= 15 is 0 Å². The topological polar surface area (TPSA) is 90.9 Å². The van der Waals surface area contributed by atoms with Crippen LogP contribution in [0, 0.1) is 6.92 Å². The van der Waals surface area contributed by atoms with E-state index < -0.39 is 0 Å². The molecule has 2 aromatic rings. The first-order chi connectivity index (χ1) is 11.0. The molecular weight excluding hydrogens is 294 g/mol. The third-order valence-electron chi connectivity index (χ3n) is 3.97. The number of hydrogen-bond donors (Lipinski definition) is 1. The molecule has 3 heterocycles. The van der Waals surface area contributed by atoms with Gasteiger partial charge in [-0.2, -0.15) is 5.10 Å². The van der Waals surface area contributed by atoms with Gasteiger partial charge < -0.3 is 9.80 Å². The van der Waals surface area contributed by atoms with Crippen molar-refractivity contribution in [1.29, 1.82) is 0 Å². The average molecular weight is 315 g/mol. The molecule has 0 aromatic carbocycles. The second kappa shape index (κ2) is 6.31. The molecule has 23 heavy (non-hydrogen) atoms. The summed E-state index contributed by atoms with van der Waals surface area (Å²) in [5.41, 5.74) is 0.364. The third kappa shape index (κ3) is 3.30. The van der Waals surface area contributed by atoms with Crippen LogP contribution in [0.25, 0.3) is 0 Å². The largest absolute Gasteiger partial charge is 0.355 e. The molecule has 2 aromatic heterocycles. The van der Waals surface area contributed by atoms with Crippen molar-refractivity contribution < 1.29 is 4.79 Å². The number of rotatable bonds is 3. The molecule has 1 fully saturated rings. The number of hydrogen-bond acceptors (Lipinski definition) is 6. The van der Waals surface area contributed by atoms with Crippen molar-refractivity contribution in [2.75, 3.05) is 32.1 Å². The molecule has 1 amide bonds. The van der Waals surface area contributed by atoms with Crippen molar-refractivity contribution in [3.05, 3.63) is 29.7 Å². The molecule has 1 aliphatic rings. The van der Waals surface area contributed by atoms with Gasteiger partial charge in [-0.3, -0.25) is 14.9 Å². The van der Waals surface area contributed by atoms with Crippen LogP contribution < -0.4 is 4.90 Å². The summed E-state index contributed by atoms with van der Waals surface area (Å²) in [7, 11) is 3.42. The zero-order valence-corrected chi connectivity index (χ0v) is 13.7. The highest BCUT2D eigenvalue weighted by Gasteiger charge is 2.25. The van der Waals surface area contributed by atoms with Gasteiger partial charge in [0, 0.05) is 33.1 Å². The molecule has 0 bridgehead atoms. The minimum atomic E-state index is -0.141. The predicted octanol–water partition coefficient (Wildman–Crippen LogP) is 0.989. The molecule has 8 heteroatoms. The fourth-order valence-electron chi connectivity index (χ4n) is 2.78. The van der Waals surface area contributed by atoms with Gasteiger partial charge in [0.1, 0.15) is 17.3 Å². The summed E-state index contributed by atoms with van der Waals surface area (Å²) in [6.07, 6.45) is 5.30.